The number of hydrogen-bond donors (Lipinski definition) is 2. The number of rotatable bonds is 2. The monoisotopic (exact) mass is 411 g/mol. The van der Waals surface area contributed by atoms with Crippen LogP contribution in [-0.2, 0) is 0 Å². The molecule has 0 atom stereocenters. The molecule has 6 nitrogen and oxygen atoms in total. The summed E-state index contributed by atoms with van der Waals surface area (Å²) in [6.45, 7) is 0. The van der Waals surface area contributed by atoms with Crippen molar-refractivity contribution in [2.75, 3.05) is 5.73 Å². The summed E-state index contributed by atoms with van der Waals surface area (Å²) in [5.74, 6) is 0.609. The molecule has 0 saturated heterocycles. The van der Waals surface area contributed by atoms with Crippen LogP contribution in [0.15, 0.2) is 35.4 Å². The molecule has 0 amide bonds. The van der Waals surface area contributed by atoms with Crippen molar-refractivity contribution in [3.8, 4) is 0 Å². The fourth-order valence-electron chi connectivity index (χ4n) is 2.65. The Balaban J connectivity index is 0.000000874. The van der Waals surface area contributed by atoms with Gasteiger partial charge in [-0.1, -0.05) is 0 Å². The number of nitrogens with zero attached hydrogens (tertiary/aromatic N) is 1. The molecule has 0 aliphatic heterocycles. The van der Waals surface area contributed by atoms with Crippen molar-refractivity contribution in [2.24, 2.45) is 5.73 Å². The number of thioether (sulfide) groups is 1. The Hall–Kier alpha value is 1.28. The minimum Gasteiger partial charge on any atom is -0.652 e. The maximum absolute atomic E-state index is 8.33. The number of carbonyl (C=O) groups is 1. The van der Waals surface area contributed by atoms with E-state index < -0.39 is 6.16 Å². The minimum atomic E-state index is -2.33. The molecule has 0 radical (unpaired) electrons. The van der Waals surface area contributed by atoms with E-state index in [4.69, 9.17) is 26.5 Å². The summed E-state index contributed by atoms with van der Waals surface area (Å²) in [5, 5.41) is 19.6. The second-order valence-corrected chi connectivity index (χ2v) is 6.86. The Bertz CT molecular complexity index is 679. The van der Waals surface area contributed by atoms with E-state index in [1.807, 2.05) is 17.8 Å². The molecule has 9 heteroatoms. The Kier molecular flexibility index (Phi) is 14.1. The van der Waals surface area contributed by atoms with Crippen LogP contribution in [0.3, 0.4) is 0 Å². The van der Waals surface area contributed by atoms with Crippen molar-refractivity contribution in [3.63, 3.8) is 0 Å². The maximum Gasteiger partial charge on any atom is 1.00 e. The predicted molar refractivity (Wildman–Crippen MR) is 87.6 cm³/mol. The van der Waals surface area contributed by atoms with Crippen LogP contribution in [0, 0.1) is 0 Å². The van der Waals surface area contributed by atoms with Gasteiger partial charge in [0.25, 0.3) is 0 Å². The van der Waals surface area contributed by atoms with E-state index in [0.717, 1.165) is 18.2 Å². The van der Waals surface area contributed by atoms with E-state index >= 15 is 0 Å². The van der Waals surface area contributed by atoms with Crippen molar-refractivity contribution >= 4 is 34.5 Å². The zero-order valence-electron chi connectivity index (χ0n) is 14.6. The Labute approximate surface area is 236 Å². The van der Waals surface area contributed by atoms with Gasteiger partial charge < -0.3 is 26.5 Å². The molecule has 25 heavy (non-hydrogen) atoms. The number of fused-ring (bicyclic) bond motifs is 1. The van der Waals surface area contributed by atoms with Gasteiger partial charge >= 0.3 is 103 Å². The molecule has 1 heterocycles. The van der Waals surface area contributed by atoms with Crippen molar-refractivity contribution in [2.45, 2.75) is 41.9 Å². The first-order chi connectivity index (χ1) is 11.0. The molecule has 1 fully saturated rings. The third-order valence-corrected chi connectivity index (χ3v) is 5.12. The number of pyridine rings is 1. The Morgan fingerprint density at radius 1 is 1.12 bits per heavy atom. The first-order valence-electron chi connectivity index (χ1n) is 7.40. The molecule has 0 spiro atoms. The molecule has 4 N–H and O–H groups in total. The van der Waals surface area contributed by atoms with Crippen molar-refractivity contribution < 1.29 is 118 Å². The van der Waals surface area contributed by atoms with Crippen LogP contribution < -0.4 is 124 Å². The zero-order chi connectivity index (χ0) is 16.8. The van der Waals surface area contributed by atoms with E-state index in [0.29, 0.717) is 17.1 Å². The summed E-state index contributed by atoms with van der Waals surface area (Å²) in [6, 6.07) is 8.88. The number of aromatic nitrogens is 1. The van der Waals surface area contributed by atoms with Crippen LogP contribution in [-0.4, -0.2) is 22.4 Å². The number of nitrogens with two attached hydrogens (primary N) is 2. The van der Waals surface area contributed by atoms with E-state index in [-0.39, 0.29) is 103 Å². The predicted octanol–water partition coefficient (Wildman–Crippen LogP) is -5.26. The summed E-state index contributed by atoms with van der Waals surface area (Å²) in [5.41, 5.74) is 11.8. The van der Waals surface area contributed by atoms with Crippen LogP contribution in [0.2, 0.25) is 0 Å². The van der Waals surface area contributed by atoms with Gasteiger partial charge in [-0.3, -0.25) is 0 Å². The molecule has 124 valence electrons. The molecule has 1 saturated carbocycles. The van der Waals surface area contributed by atoms with Gasteiger partial charge in [-0.05, 0) is 61.5 Å². The molecule has 1 aliphatic carbocycles. The Morgan fingerprint density at radius 3 is 2.32 bits per heavy atom. The normalized spacial score (nSPS) is 18.9. The average molecular weight is 412 g/mol. The van der Waals surface area contributed by atoms with Gasteiger partial charge in [0.05, 0.1) is 0 Å². The molecule has 1 aromatic heterocycles. The van der Waals surface area contributed by atoms with Gasteiger partial charge in [-0.25, -0.2) is 4.98 Å². The van der Waals surface area contributed by atoms with Crippen LogP contribution in [0.1, 0.15) is 25.7 Å². The molecule has 1 aromatic carbocycles. The molecule has 0 unspecified atom stereocenters. The van der Waals surface area contributed by atoms with Gasteiger partial charge in [-0.15, -0.1) is 11.8 Å². The fourth-order valence-corrected chi connectivity index (χ4v) is 3.89. The number of carboxylic acid groups (broad SMARTS) is 2. The third-order valence-electron chi connectivity index (χ3n) is 3.79. The van der Waals surface area contributed by atoms with Crippen molar-refractivity contribution in [1.29, 1.82) is 0 Å². The second kappa shape index (κ2) is 13.5. The van der Waals surface area contributed by atoms with Crippen LogP contribution >= 0.6 is 11.8 Å². The summed E-state index contributed by atoms with van der Waals surface area (Å²) in [6.07, 6.45) is 4.20. The van der Waals surface area contributed by atoms with Crippen LogP contribution in [0.5, 0.6) is 0 Å². The minimum absolute atomic E-state index is 0. The second-order valence-electron chi connectivity index (χ2n) is 5.48. The van der Waals surface area contributed by atoms with E-state index in [1.165, 1.54) is 23.1 Å². The largest absolute Gasteiger partial charge is 1.00 e. The van der Waals surface area contributed by atoms with E-state index in [9.17, 15) is 0 Å². The summed E-state index contributed by atoms with van der Waals surface area (Å²) in [4.78, 5) is 13.8. The van der Waals surface area contributed by atoms with Gasteiger partial charge in [-0.2, -0.15) is 0 Å². The van der Waals surface area contributed by atoms with Crippen LogP contribution in [0.25, 0.3) is 10.8 Å². The Morgan fingerprint density at radius 2 is 1.72 bits per heavy atom. The van der Waals surface area contributed by atoms with Gasteiger partial charge in [0.1, 0.15) is 5.82 Å². The maximum atomic E-state index is 8.33. The molecule has 3 rings (SSSR count). The van der Waals surface area contributed by atoms with Crippen LogP contribution in [0.4, 0.5) is 10.6 Å². The molecular weight excluding hydrogens is 392 g/mol. The zero-order valence-corrected chi connectivity index (χ0v) is 21.7. The number of anilines is 1. The molecular formula is C16H19K2N3O3S. The summed E-state index contributed by atoms with van der Waals surface area (Å²) >= 11 is 1.97. The number of carbonyl (C=O) groups excluding carboxylic acids is 1. The quantitative estimate of drug-likeness (QED) is 0.473. The third kappa shape index (κ3) is 9.35. The molecule has 0 bridgehead atoms. The molecule has 1 aliphatic rings. The summed E-state index contributed by atoms with van der Waals surface area (Å²) < 4.78 is 0. The SMILES string of the molecule is Nc1nccc2cc(SC3CCC(N)CC3)ccc12.O=C([O-])[O-].[K+].[K+]. The average Bonchev–Trinajstić information content (AvgIpc) is 2.49. The molecule has 2 aromatic rings. The van der Waals surface area contributed by atoms with E-state index in [1.54, 1.807) is 6.20 Å². The fraction of sp³-hybridized carbons (Fsp3) is 0.375. The first-order valence-corrected chi connectivity index (χ1v) is 8.28. The van der Waals surface area contributed by atoms with Gasteiger partial charge in [0.15, 0.2) is 0 Å². The number of hydrogen-bond acceptors (Lipinski definition) is 7. The summed E-state index contributed by atoms with van der Waals surface area (Å²) in [7, 11) is 0. The standard InChI is InChI=1S/C15H19N3S.CH2O3.2K/c16-11-1-3-12(4-2-11)19-13-5-6-14-10(9-13)7-8-18-15(14)17;2-1(3)4;;/h5-9,11-12H,1-4,16H2,(H2,17,18);(H2,2,3,4);;/q;;2*+1/p-2. The first kappa shape index (κ1) is 26.3. The van der Waals surface area contributed by atoms with E-state index in [2.05, 4.69) is 23.2 Å². The van der Waals surface area contributed by atoms with Gasteiger partial charge in [0, 0.05) is 27.8 Å². The topological polar surface area (TPSA) is 128 Å². The number of nitrogen functional groups attached to an aromatic ring is 1. The number of benzene rings is 1. The van der Waals surface area contributed by atoms with Crippen molar-refractivity contribution in [1.82, 2.24) is 4.98 Å². The smallest absolute Gasteiger partial charge is 0.652 e. The van der Waals surface area contributed by atoms with Gasteiger partial charge in [0.2, 0.25) is 0 Å². The van der Waals surface area contributed by atoms with Crippen molar-refractivity contribution in [3.05, 3.63) is 30.5 Å².